The smallest absolute Gasteiger partial charge is 0.296 e. The first-order chi connectivity index (χ1) is 13.4. The molecule has 1 atom stereocenters. The normalized spacial score (nSPS) is 12.3. The molecule has 3 N–H and O–H groups in total. The van der Waals surface area contributed by atoms with E-state index < -0.39 is 16.3 Å². The van der Waals surface area contributed by atoms with Crippen molar-refractivity contribution in [3.05, 3.63) is 30.3 Å². The standard InChI is InChI=1S/C20H34O3S.C2H7NO/c1-2-3-4-5-6-7-8-9-10-11-12-16-19-23-24(21,22)20-17-14-13-15-18-20;1-2(3)4/h13-15,17-18H,2-12,16,19H2,1H3;2,4H,3H2,1H3. The number of unbranched alkanes of at least 4 members (excludes halogenated alkanes) is 11. The molecule has 0 aromatic heterocycles. The highest BCUT2D eigenvalue weighted by Gasteiger charge is 2.13. The van der Waals surface area contributed by atoms with Crippen molar-refractivity contribution in [2.45, 2.75) is 102 Å². The van der Waals surface area contributed by atoms with Gasteiger partial charge in [-0.2, -0.15) is 8.42 Å². The van der Waals surface area contributed by atoms with Crippen molar-refractivity contribution in [3.8, 4) is 0 Å². The molecule has 0 saturated carbocycles. The molecule has 0 radical (unpaired) electrons. The van der Waals surface area contributed by atoms with Crippen LogP contribution >= 0.6 is 0 Å². The number of hydrogen-bond donors (Lipinski definition) is 2. The number of benzene rings is 1. The molecule has 1 aromatic rings. The molecule has 164 valence electrons. The molecule has 0 aliphatic carbocycles. The fourth-order valence-electron chi connectivity index (χ4n) is 2.77. The average molecular weight is 416 g/mol. The molecule has 0 fully saturated rings. The van der Waals surface area contributed by atoms with E-state index in [0.717, 1.165) is 12.8 Å². The van der Waals surface area contributed by atoms with Gasteiger partial charge in [-0.3, -0.25) is 4.18 Å². The van der Waals surface area contributed by atoms with E-state index in [0.29, 0.717) is 0 Å². The quantitative estimate of drug-likeness (QED) is 0.228. The summed E-state index contributed by atoms with van der Waals surface area (Å²) in [6, 6.07) is 8.35. The molecule has 1 unspecified atom stereocenters. The Morgan fingerprint density at radius 1 is 0.857 bits per heavy atom. The summed E-state index contributed by atoms with van der Waals surface area (Å²) in [4.78, 5) is 0.240. The van der Waals surface area contributed by atoms with Crippen LogP contribution in [0.4, 0.5) is 0 Å². The van der Waals surface area contributed by atoms with Gasteiger partial charge in [0.25, 0.3) is 10.1 Å². The maximum absolute atomic E-state index is 11.9. The van der Waals surface area contributed by atoms with Crippen LogP contribution in [-0.4, -0.2) is 26.4 Å². The first-order valence-electron chi connectivity index (χ1n) is 10.8. The predicted molar refractivity (Wildman–Crippen MR) is 117 cm³/mol. The Labute approximate surface area is 172 Å². The van der Waals surface area contributed by atoms with Gasteiger partial charge in [-0.25, -0.2) is 0 Å². The molecule has 0 bridgehead atoms. The zero-order chi connectivity index (χ0) is 21.1. The number of hydrogen-bond acceptors (Lipinski definition) is 5. The zero-order valence-corrected chi connectivity index (χ0v) is 18.6. The van der Waals surface area contributed by atoms with E-state index in [1.165, 1.54) is 71.1 Å². The maximum Gasteiger partial charge on any atom is 0.296 e. The van der Waals surface area contributed by atoms with E-state index in [1.807, 2.05) is 0 Å². The van der Waals surface area contributed by atoms with Crippen LogP contribution in [0.25, 0.3) is 0 Å². The number of rotatable bonds is 15. The molecule has 6 heteroatoms. The van der Waals surface area contributed by atoms with Gasteiger partial charge in [-0.05, 0) is 25.5 Å². The lowest BCUT2D eigenvalue weighted by molar-refractivity contribution is 0.203. The lowest BCUT2D eigenvalue weighted by Gasteiger charge is -2.05. The molecule has 0 spiro atoms. The number of nitrogens with two attached hydrogens (primary N) is 1. The molecular weight excluding hydrogens is 374 g/mol. The van der Waals surface area contributed by atoms with Crippen LogP contribution in [-0.2, 0) is 14.3 Å². The van der Waals surface area contributed by atoms with Crippen molar-refractivity contribution in [2.75, 3.05) is 6.61 Å². The van der Waals surface area contributed by atoms with Crippen LogP contribution < -0.4 is 5.73 Å². The molecule has 1 aromatic carbocycles. The summed E-state index contributed by atoms with van der Waals surface area (Å²) in [6.45, 7) is 4.04. The summed E-state index contributed by atoms with van der Waals surface area (Å²) < 4.78 is 28.9. The predicted octanol–water partition coefficient (Wildman–Crippen LogP) is 5.38. The lowest BCUT2D eigenvalue weighted by Crippen LogP contribution is -2.11. The Morgan fingerprint density at radius 2 is 1.25 bits per heavy atom. The summed E-state index contributed by atoms with van der Waals surface area (Å²) in [6.07, 6.45) is 14.5. The summed E-state index contributed by atoms with van der Waals surface area (Å²) in [7, 11) is -3.57. The minimum absolute atomic E-state index is 0.240. The Balaban J connectivity index is 0.00000165. The van der Waals surface area contributed by atoms with E-state index in [1.54, 1.807) is 30.3 Å². The van der Waals surface area contributed by atoms with Gasteiger partial charge in [0.1, 0.15) is 0 Å². The van der Waals surface area contributed by atoms with Crippen molar-refractivity contribution in [1.29, 1.82) is 0 Å². The van der Waals surface area contributed by atoms with Gasteiger partial charge in [-0.15, -0.1) is 0 Å². The second-order valence-corrected chi connectivity index (χ2v) is 8.83. The van der Waals surface area contributed by atoms with Gasteiger partial charge in [0, 0.05) is 0 Å². The monoisotopic (exact) mass is 415 g/mol. The molecule has 0 amide bonds. The van der Waals surface area contributed by atoms with E-state index in [-0.39, 0.29) is 11.5 Å². The first-order valence-corrected chi connectivity index (χ1v) is 12.2. The Hall–Kier alpha value is -0.950. The second-order valence-electron chi connectivity index (χ2n) is 7.22. The van der Waals surface area contributed by atoms with Crippen LogP contribution in [0, 0.1) is 0 Å². The van der Waals surface area contributed by atoms with Crippen molar-refractivity contribution >= 4 is 10.1 Å². The van der Waals surface area contributed by atoms with Crippen LogP contribution in [0.5, 0.6) is 0 Å². The van der Waals surface area contributed by atoms with Crippen LogP contribution in [0.3, 0.4) is 0 Å². The molecule has 28 heavy (non-hydrogen) atoms. The van der Waals surface area contributed by atoms with Gasteiger partial charge in [0.15, 0.2) is 0 Å². The Kier molecular flexibility index (Phi) is 17.5. The van der Waals surface area contributed by atoms with Gasteiger partial charge < -0.3 is 10.8 Å². The van der Waals surface area contributed by atoms with Crippen molar-refractivity contribution in [2.24, 2.45) is 5.73 Å². The van der Waals surface area contributed by atoms with E-state index in [9.17, 15) is 8.42 Å². The summed E-state index contributed by atoms with van der Waals surface area (Å²) >= 11 is 0. The average Bonchev–Trinajstić information content (AvgIpc) is 2.66. The van der Waals surface area contributed by atoms with Gasteiger partial charge in [-0.1, -0.05) is 95.8 Å². The maximum atomic E-state index is 11.9. The van der Waals surface area contributed by atoms with Gasteiger partial charge in [0.2, 0.25) is 0 Å². The third-order valence-corrected chi connectivity index (χ3v) is 5.59. The Morgan fingerprint density at radius 3 is 1.68 bits per heavy atom. The highest BCUT2D eigenvalue weighted by molar-refractivity contribution is 7.86. The summed E-state index contributed by atoms with van der Waals surface area (Å²) in [5.41, 5.74) is 4.67. The van der Waals surface area contributed by atoms with Crippen molar-refractivity contribution in [3.63, 3.8) is 0 Å². The highest BCUT2D eigenvalue weighted by atomic mass is 32.2. The summed E-state index contributed by atoms with van der Waals surface area (Å²) in [5, 5.41) is 7.83. The first kappa shape index (κ1) is 27.0. The number of aliphatic hydroxyl groups excluding tert-OH is 1. The Bertz CT molecular complexity index is 544. The molecular formula is C22H41NO4S. The fourth-order valence-corrected chi connectivity index (χ4v) is 3.73. The lowest BCUT2D eigenvalue weighted by atomic mass is 10.1. The van der Waals surface area contributed by atoms with Crippen molar-refractivity contribution in [1.82, 2.24) is 0 Å². The van der Waals surface area contributed by atoms with E-state index >= 15 is 0 Å². The van der Waals surface area contributed by atoms with E-state index in [2.05, 4.69) is 12.7 Å². The molecule has 1 rings (SSSR count). The fraction of sp³-hybridized carbons (Fsp3) is 0.727. The number of aliphatic hydroxyl groups is 1. The van der Waals surface area contributed by atoms with Crippen LogP contribution in [0.1, 0.15) is 90.9 Å². The van der Waals surface area contributed by atoms with Gasteiger partial charge >= 0.3 is 0 Å². The third kappa shape index (κ3) is 17.2. The summed E-state index contributed by atoms with van der Waals surface area (Å²) in [5.74, 6) is 0. The van der Waals surface area contributed by atoms with Crippen LogP contribution in [0.2, 0.25) is 0 Å². The second kappa shape index (κ2) is 18.1. The van der Waals surface area contributed by atoms with E-state index in [4.69, 9.17) is 9.29 Å². The third-order valence-electron chi connectivity index (χ3n) is 4.27. The molecule has 0 aliphatic rings. The zero-order valence-electron chi connectivity index (χ0n) is 17.8. The minimum atomic E-state index is -3.57. The topological polar surface area (TPSA) is 89.6 Å². The molecule has 0 saturated heterocycles. The van der Waals surface area contributed by atoms with Crippen LogP contribution in [0.15, 0.2) is 35.2 Å². The minimum Gasteiger partial charge on any atom is -0.379 e. The van der Waals surface area contributed by atoms with Crippen molar-refractivity contribution < 1.29 is 17.7 Å². The highest BCUT2D eigenvalue weighted by Crippen LogP contribution is 2.14. The van der Waals surface area contributed by atoms with Gasteiger partial charge in [0.05, 0.1) is 17.7 Å². The molecule has 0 heterocycles. The largest absolute Gasteiger partial charge is 0.379 e. The molecule has 0 aliphatic heterocycles. The SMILES string of the molecule is CC(N)O.CCCCCCCCCCCCCCOS(=O)(=O)c1ccccc1. The molecule has 5 nitrogen and oxygen atoms in total.